The van der Waals surface area contributed by atoms with Gasteiger partial charge in [0.05, 0.1) is 22.3 Å². The van der Waals surface area contributed by atoms with Gasteiger partial charge in [0.1, 0.15) is 16.1 Å². The van der Waals surface area contributed by atoms with Gasteiger partial charge in [-0.2, -0.15) is 0 Å². The van der Waals surface area contributed by atoms with Crippen LogP contribution in [0.4, 0.5) is 0 Å². The van der Waals surface area contributed by atoms with Crippen molar-refractivity contribution >= 4 is 38.3 Å². The lowest BCUT2D eigenvalue weighted by molar-refractivity contribution is 0.562. The van der Waals surface area contributed by atoms with Crippen LogP contribution in [0.1, 0.15) is 32.0 Å². The molecule has 0 aliphatic carbocycles. The normalized spacial score (nSPS) is 13.9. The van der Waals surface area contributed by atoms with Crippen LogP contribution in [0.5, 0.6) is 0 Å². The molecule has 0 bridgehead atoms. The summed E-state index contributed by atoms with van der Waals surface area (Å²) in [5.74, 6) is 0. The Morgan fingerprint density at radius 1 is 1.17 bits per heavy atom. The van der Waals surface area contributed by atoms with Crippen LogP contribution in [0.15, 0.2) is 51.9 Å². The van der Waals surface area contributed by atoms with Gasteiger partial charge in [-0.1, -0.05) is 16.5 Å². The third kappa shape index (κ3) is 4.66. The van der Waals surface area contributed by atoms with Crippen molar-refractivity contribution in [3.63, 3.8) is 0 Å². The van der Waals surface area contributed by atoms with Gasteiger partial charge in [-0.3, -0.25) is 4.98 Å². The van der Waals surface area contributed by atoms with Gasteiger partial charge in [0.25, 0.3) is 0 Å². The summed E-state index contributed by atoms with van der Waals surface area (Å²) >= 11 is -1.43. The van der Waals surface area contributed by atoms with E-state index < -0.39 is 25.9 Å². The van der Waals surface area contributed by atoms with Crippen LogP contribution in [0.25, 0.3) is 22.2 Å². The third-order valence-electron chi connectivity index (χ3n) is 4.31. The molecule has 1 unspecified atom stereocenters. The first-order chi connectivity index (χ1) is 13.5. The summed E-state index contributed by atoms with van der Waals surface area (Å²) in [7, 11) is -3.46. The summed E-state index contributed by atoms with van der Waals surface area (Å²) < 4.78 is 40.6. The minimum atomic E-state index is -3.46. The highest BCUT2D eigenvalue weighted by atomic mass is 32.2. The molecule has 6 nitrogen and oxygen atoms in total. The lowest BCUT2D eigenvalue weighted by atomic mass is 10.0. The zero-order valence-electron chi connectivity index (χ0n) is 17.0. The highest BCUT2D eigenvalue weighted by molar-refractivity contribution is 7.91. The van der Waals surface area contributed by atoms with E-state index in [0.717, 1.165) is 11.3 Å². The Morgan fingerprint density at radius 2 is 1.90 bits per heavy atom. The summed E-state index contributed by atoms with van der Waals surface area (Å²) in [5, 5.41) is 0.668. The third-order valence-corrected chi connectivity index (χ3v) is 6.78. The summed E-state index contributed by atoms with van der Waals surface area (Å²) in [4.78, 5) is 9.19. The molecular weight excluding hydrogens is 406 g/mol. The van der Waals surface area contributed by atoms with E-state index in [2.05, 4.69) is 9.38 Å². The molecule has 0 saturated carbocycles. The Kier molecular flexibility index (Phi) is 5.80. The molecule has 0 N–H and O–H groups in total. The van der Waals surface area contributed by atoms with E-state index in [1.807, 2.05) is 39.8 Å². The van der Waals surface area contributed by atoms with Crippen LogP contribution >= 0.6 is 0 Å². The van der Waals surface area contributed by atoms with E-state index in [0.29, 0.717) is 22.2 Å². The number of fused-ring (bicyclic) bond motifs is 1. The molecule has 0 radical (unpaired) electrons. The van der Waals surface area contributed by atoms with Crippen molar-refractivity contribution in [2.24, 2.45) is 4.40 Å². The maximum absolute atomic E-state index is 12.4. The summed E-state index contributed by atoms with van der Waals surface area (Å²) in [6.45, 7) is 7.41. The molecule has 0 saturated heterocycles. The van der Waals surface area contributed by atoms with Crippen molar-refractivity contribution in [1.82, 2.24) is 9.97 Å². The quantitative estimate of drug-likeness (QED) is 0.463. The minimum Gasteiger partial charge on any atom is -0.591 e. The Morgan fingerprint density at radius 3 is 2.52 bits per heavy atom. The number of benzene rings is 1. The highest BCUT2D eigenvalue weighted by Gasteiger charge is 2.26. The molecule has 0 amide bonds. The van der Waals surface area contributed by atoms with E-state index in [-0.39, 0.29) is 4.90 Å². The van der Waals surface area contributed by atoms with Gasteiger partial charge >= 0.3 is 0 Å². The zero-order chi connectivity index (χ0) is 21.4. The summed E-state index contributed by atoms with van der Waals surface area (Å²) in [5.41, 5.74) is 3.11. The van der Waals surface area contributed by atoms with Gasteiger partial charge < -0.3 is 4.55 Å². The molecule has 1 atom stereocenters. The Labute approximate surface area is 174 Å². The Balaban J connectivity index is 2.31. The van der Waals surface area contributed by atoms with E-state index >= 15 is 0 Å². The predicted octanol–water partition coefficient (Wildman–Crippen LogP) is 3.89. The van der Waals surface area contributed by atoms with E-state index in [1.54, 1.807) is 36.7 Å². The molecule has 1 aromatic carbocycles. The molecule has 0 fully saturated rings. The van der Waals surface area contributed by atoms with Gasteiger partial charge in [0.15, 0.2) is 9.84 Å². The average Bonchev–Trinajstić information content (AvgIpc) is 2.63. The van der Waals surface area contributed by atoms with Crippen molar-refractivity contribution in [3.8, 4) is 11.3 Å². The number of aromatic nitrogens is 2. The summed E-state index contributed by atoms with van der Waals surface area (Å²) in [6, 6.07) is 10.5. The molecule has 3 rings (SSSR count). The van der Waals surface area contributed by atoms with Gasteiger partial charge in [-0.25, -0.2) is 13.4 Å². The first-order valence-corrected chi connectivity index (χ1v) is 12.0. The van der Waals surface area contributed by atoms with Crippen molar-refractivity contribution in [2.75, 3.05) is 6.26 Å². The van der Waals surface area contributed by atoms with Crippen LogP contribution in [0.2, 0.25) is 0 Å². The van der Waals surface area contributed by atoms with E-state index in [1.165, 1.54) is 6.26 Å². The predicted molar refractivity (Wildman–Crippen MR) is 118 cm³/mol. The standard InChI is InChI=1S/C21H23N3O3S2/c1-14-17(9-7-11-22-14)19-16(13-23-28(25)21(2,3)4)12-15-8-6-10-18(20(15)24-19)29(5,26)27/h6-13H,1-5H3. The number of hydrogen-bond donors (Lipinski definition) is 0. The first kappa shape index (κ1) is 21.4. The zero-order valence-corrected chi connectivity index (χ0v) is 18.6. The second kappa shape index (κ2) is 7.85. The number of sulfone groups is 1. The molecule has 29 heavy (non-hydrogen) atoms. The Hall–Kier alpha value is -2.29. The lowest BCUT2D eigenvalue weighted by Crippen LogP contribution is -2.25. The van der Waals surface area contributed by atoms with Gasteiger partial charge in [-0.05, 0) is 52.0 Å². The smallest absolute Gasteiger partial charge is 0.177 e. The molecule has 0 aliphatic heterocycles. The molecule has 0 aliphatic rings. The monoisotopic (exact) mass is 429 g/mol. The minimum absolute atomic E-state index is 0.166. The summed E-state index contributed by atoms with van der Waals surface area (Å²) in [6.07, 6.45) is 4.40. The SMILES string of the molecule is Cc1ncccc1-c1nc2c(S(C)(=O)=O)cccc2cc1C=N[S+]([O-])C(C)(C)C. The molecule has 8 heteroatoms. The van der Waals surface area contributed by atoms with Gasteiger partial charge in [-0.15, -0.1) is 0 Å². The van der Waals surface area contributed by atoms with Gasteiger partial charge in [0, 0.05) is 34.7 Å². The van der Waals surface area contributed by atoms with Crippen LogP contribution in [-0.4, -0.2) is 40.2 Å². The molecule has 0 spiro atoms. The highest BCUT2D eigenvalue weighted by Crippen LogP contribution is 2.30. The second-order valence-electron chi connectivity index (χ2n) is 7.76. The van der Waals surface area contributed by atoms with E-state index in [4.69, 9.17) is 4.98 Å². The molecule has 2 aromatic heterocycles. The van der Waals surface area contributed by atoms with Crippen LogP contribution in [0, 0.1) is 6.92 Å². The molecule has 3 aromatic rings. The molecular formula is C21H23N3O3S2. The van der Waals surface area contributed by atoms with Crippen LogP contribution in [-0.2, 0) is 21.2 Å². The number of hydrogen-bond acceptors (Lipinski definition) is 6. The number of para-hydroxylation sites is 1. The number of rotatable bonds is 4. The number of nitrogens with zero attached hydrogens (tertiary/aromatic N) is 3. The first-order valence-electron chi connectivity index (χ1n) is 9.00. The van der Waals surface area contributed by atoms with E-state index in [9.17, 15) is 13.0 Å². The van der Waals surface area contributed by atoms with Crippen molar-refractivity contribution in [1.29, 1.82) is 0 Å². The fraction of sp³-hybridized carbons (Fsp3) is 0.286. The van der Waals surface area contributed by atoms with Crippen LogP contribution < -0.4 is 0 Å². The van der Waals surface area contributed by atoms with Gasteiger partial charge in [0.2, 0.25) is 0 Å². The maximum Gasteiger partial charge on any atom is 0.177 e. The number of aryl methyl sites for hydroxylation is 1. The Bertz CT molecular complexity index is 1200. The largest absolute Gasteiger partial charge is 0.591 e. The van der Waals surface area contributed by atoms with Crippen molar-refractivity contribution < 1.29 is 13.0 Å². The fourth-order valence-corrected chi connectivity index (χ4v) is 4.16. The molecule has 2 heterocycles. The van der Waals surface area contributed by atoms with Crippen molar-refractivity contribution in [2.45, 2.75) is 37.3 Å². The topological polar surface area (TPSA) is 95.3 Å². The van der Waals surface area contributed by atoms with Crippen LogP contribution in [0.3, 0.4) is 0 Å². The fourth-order valence-electron chi connectivity index (χ4n) is 2.80. The van der Waals surface area contributed by atoms with Crippen molar-refractivity contribution in [3.05, 3.63) is 53.9 Å². The lowest BCUT2D eigenvalue weighted by Gasteiger charge is -2.18. The maximum atomic E-state index is 12.4. The molecule has 152 valence electrons. The average molecular weight is 430 g/mol. The number of pyridine rings is 2. The second-order valence-corrected chi connectivity index (χ2v) is 11.7.